The molecule has 0 aliphatic carbocycles. The van der Waals surface area contributed by atoms with Crippen LogP contribution in [0.1, 0.15) is 29.9 Å². The number of aromatic nitrogens is 1. The van der Waals surface area contributed by atoms with E-state index in [0.29, 0.717) is 16.7 Å². The molecule has 2 heterocycles. The number of benzene rings is 2. The normalized spacial score (nSPS) is 11.3. The molecule has 0 spiro atoms. The Kier molecular flexibility index (Phi) is 5.75. The number of nitrogens with one attached hydrogen (secondary N) is 1. The molecular weight excluding hydrogens is 392 g/mol. The van der Waals surface area contributed by atoms with Gasteiger partial charge in [0.25, 0.3) is 5.91 Å². The van der Waals surface area contributed by atoms with Gasteiger partial charge in [0.05, 0.1) is 17.4 Å². The molecular formula is C24H22N4O3. The van der Waals surface area contributed by atoms with Gasteiger partial charge in [0.15, 0.2) is 0 Å². The van der Waals surface area contributed by atoms with Gasteiger partial charge >= 0.3 is 5.63 Å². The number of carbonyl (C=O) groups is 1. The fourth-order valence-electron chi connectivity index (χ4n) is 3.41. The van der Waals surface area contributed by atoms with Gasteiger partial charge in [-0.2, -0.15) is 5.10 Å². The van der Waals surface area contributed by atoms with Crippen molar-refractivity contribution in [1.82, 2.24) is 10.4 Å². The van der Waals surface area contributed by atoms with E-state index in [9.17, 15) is 9.59 Å². The summed E-state index contributed by atoms with van der Waals surface area (Å²) in [5, 5.41) is 5.61. The van der Waals surface area contributed by atoms with Crippen molar-refractivity contribution in [2.75, 3.05) is 18.0 Å². The average molecular weight is 414 g/mol. The maximum atomic E-state index is 12.5. The lowest BCUT2D eigenvalue weighted by Crippen LogP contribution is -2.24. The van der Waals surface area contributed by atoms with Crippen molar-refractivity contribution in [3.8, 4) is 0 Å². The smallest absolute Gasteiger partial charge is 0.349 e. The monoisotopic (exact) mass is 414 g/mol. The third kappa shape index (κ3) is 4.30. The first kappa shape index (κ1) is 20.3. The van der Waals surface area contributed by atoms with E-state index in [0.717, 1.165) is 29.7 Å². The van der Waals surface area contributed by atoms with Crippen LogP contribution in [-0.2, 0) is 0 Å². The number of anilines is 1. The van der Waals surface area contributed by atoms with Crippen LogP contribution in [0.15, 0.2) is 75.0 Å². The first-order valence-electron chi connectivity index (χ1n) is 10.1. The molecule has 0 atom stereocenters. The van der Waals surface area contributed by atoms with Gasteiger partial charge in [0.1, 0.15) is 11.1 Å². The zero-order valence-corrected chi connectivity index (χ0v) is 17.3. The zero-order chi connectivity index (χ0) is 21.8. The van der Waals surface area contributed by atoms with Crippen molar-refractivity contribution < 1.29 is 9.21 Å². The molecule has 0 fully saturated rings. The van der Waals surface area contributed by atoms with E-state index in [1.807, 2.05) is 48.5 Å². The van der Waals surface area contributed by atoms with E-state index >= 15 is 0 Å². The lowest BCUT2D eigenvalue weighted by molar-refractivity contribution is 0.0951. The molecule has 1 amide bonds. The number of pyridine rings is 1. The molecule has 0 saturated heterocycles. The Labute approximate surface area is 179 Å². The highest BCUT2D eigenvalue weighted by molar-refractivity contribution is 5.97. The van der Waals surface area contributed by atoms with Crippen LogP contribution >= 0.6 is 0 Å². The van der Waals surface area contributed by atoms with E-state index in [2.05, 4.69) is 34.3 Å². The predicted octanol–water partition coefficient (Wildman–Crippen LogP) is 3.95. The van der Waals surface area contributed by atoms with Gasteiger partial charge in [-0.3, -0.25) is 4.79 Å². The Hall–Kier alpha value is -4.00. The number of amides is 1. The fourth-order valence-corrected chi connectivity index (χ4v) is 3.41. The summed E-state index contributed by atoms with van der Waals surface area (Å²) in [6.07, 6.45) is 1.43. The van der Waals surface area contributed by atoms with Crippen LogP contribution in [0.5, 0.6) is 0 Å². The number of hydrazone groups is 1. The van der Waals surface area contributed by atoms with Crippen LogP contribution in [0.25, 0.3) is 21.9 Å². The van der Waals surface area contributed by atoms with Crippen LogP contribution in [0.4, 0.5) is 5.69 Å². The topological polar surface area (TPSA) is 87.8 Å². The second kappa shape index (κ2) is 8.79. The second-order valence-corrected chi connectivity index (χ2v) is 6.97. The highest BCUT2D eigenvalue weighted by Crippen LogP contribution is 2.22. The molecule has 0 saturated carbocycles. The van der Waals surface area contributed by atoms with Gasteiger partial charge in [-0.15, -0.1) is 0 Å². The molecule has 0 radical (unpaired) electrons. The van der Waals surface area contributed by atoms with Crippen molar-refractivity contribution in [2.24, 2.45) is 5.10 Å². The van der Waals surface area contributed by atoms with Crippen molar-refractivity contribution in [1.29, 1.82) is 0 Å². The fraction of sp³-hybridized carbons (Fsp3) is 0.167. The summed E-state index contributed by atoms with van der Waals surface area (Å²) < 4.78 is 5.40. The molecule has 0 unspecified atom stereocenters. The minimum Gasteiger partial charge on any atom is -0.422 e. The minimum atomic E-state index is -0.708. The molecule has 156 valence electrons. The van der Waals surface area contributed by atoms with Gasteiger partial charge in [-0.25, -0.2) is 15.2 Å². The van der Waals surface area contributed by atoms with E-state index in [4.69, 9.17) is 4.42 Å². The Morgan fingerprint density at radius 2 is 1.84 bits per heavy atom. The van der Waals surface area contributed by atoms with Crippen molar-refractivity contribution in [3.63, 3.8) is 0 Å². The maximum Gasteiger partial charge on any atom is 0.349 e. The average Bonchev–Trinajstić information content (AvgIpc) is 2.79. The third-order valence-electron chi connectivity index (χ3n) is 5.08. The molecule has 0 aliphatic rings. The lowest BCUT2D eigenvalue weighted by atomic mass is 10.1. The maximum absolute atomic E-state index is 12.5. The SMILES string of the molecule is CCN(CC)c1ccc2cc(C(=O)N/N=C/c3ccc4ccccc4n3)c(=O)oc2c1. The quantitative estimate of drug-likeness (QED) is 0.293. The third-order valence-corrected chi connectivity index (χ3v) is 5.08. The summed E-state index contributed by atoms with van der Waals surface area (Å²) >= 11 is 0. The van der Waals surface area contributed by atoms with Gasteiger partial charge < -0.3 is 9.32 Å². The van der Waals surface area contributed by atoms with Gasteiger partial charge in [-0.05, 0) is 44.2 Å². The van der Waals surface area contributed by atoms with Gasteiger partial charge in [0, 0.05) is 35.6 Å². The highest BCUT2D eigenvalue weighted by Gasteiger charge is 2.14. The summed E-state index contributed by atoms with van der Waals surface area (Å²) in [7, 11) is 0. The molecule has 2 aromatic heterocycles. The van der Waals surface area contributed by atoms with Crippen LogP contribution in [-0.4, -0.2) is 30.2 Å². The highest BCUT2D eigenvalue weighted by atomic mass is 16.4. The Morgan fingerprint density at radius 1 is 1.06 bits per heavy atom. The number of rotatable bonds is 6. The second-order valence-electron chi connectivity index (χ2n) is 6.97. The number of hydrogen-bond acceptors (Lipinski definition) is 6. The summed E-state index contributed by atoms with van der Waals surface area (Å²) in [5.74, 6) is -0.638. The molecule has 1 N–H and O–H groups in total. The molecule has 7 heteroatoms. The van der Waals surface area contributed by atoms with Crippen molar-refractivity contribution in [2.45, 2.75) is 13.8 Å². The minimum absolute atomic E-state index is 0.105. The van der Waals surface area contributed by atoms with E-state index in [-0.39, 0.29) is 5.56 Å². The van der Waals surface area contributed by atoms with Crippen LogP contribution < -0.4 is 16.0 Å². The molecule has 31 heavy (non-hydrogen) atoms. The summed E-state index contributed by atoms with van der Waals surface area (Å²) in [4.78, 5) is 31.4. The number of fused-ring (bicyclic) bond motifs is 2. The number of nitrogens with zero attached hydrogens (tertiary/aromatic N) is 3. The van der Waals surface area contributed by atoms with Crippen LogP contribution in [0, 0.1) is 0 Å². The van der Waals surface area contributed by atoms with E-state index in [1.54, 1.807) is 6.07 Å². The largest absolute Gasteiger partial charge is 0.422 e. The first-order chi connectivity index (χ1) is 15.1. The summed E-state index contributed by atoms with van der Waals surface area (Å²) in [6.45, 7) is 5.81. The Bertz CT molecular complexity index is 1340. The van der Waals surface area contributed by atoms with Crippen LogP contribution in [0.3, 0.4) is 0 Å². The molecule has 4 rings (SSSR count). The van der Waals surface area contributed by atoms with Crippen LogP contribution in [0.2, 0.25) is 0 Å². The number of hydrogen-bond donors (Lipinski definition) is 1. The van der Waals surface area contributed by atoms with Crippen molar-refractivity contribution in [3.05, 3.63) is 82.3 Å². The molecule has 0 aliphatic heterocycles. The first-order valence-corrected chi connectivity index (χ1v) is 10.1. The molecule has 4 aromatic rings. The lowest BCUT2D eigenvalue weighted by Gasteiger charge is -2.20. The molecule has 2 aromatic carbocycles. The summed E-state index contributed by atoms with van der Waals surface area (Å²) in [6, 6.07) is 18.6. The standard InChI is InChI=1S/C24H22N4O3/c1-3-28(4-2)19-12-10-17-13-20(24(30)31-22(17)14-19)23(29)27-25-15-18-11-9-16-7-5-6-8-21(16)26-18/h5-15H,3-4H2,1-2H3,(H,27,29)/b25-15+. The van der Waals surface area contributed by atoms with Crippen molar-refractivity contribution >= 4 is 39.7 Å². The Morgan fingerprint density at radius 3 is 2.65 bits per heavy atom. The number of carbonyl (C=O) groups excluding carboxylic acids is 1. The number of para-hydroxylation sites is 1. The zero-order valence-electron chi connectivity index (χ0n) is 17.3. The predicted molar refractivity (Wildman–Crippen MR) is 123 cm³/mol. The molecule has 0 bridgehead atoms. The van der Waals surface area contributed by atoms with E-state index in [1.165, 1.54) is 12.3 Å². The van der Waals surface area contributed by atoms with Gasteiger partial charge in [0.2, 0.25) is 0 Å². The Balaban J connectivity index is 1.53. The van der Waals surface area contributed by atoms with E-state index < -0.39 is 11.5 Å². The summed E-state index contributed by atoms with van der Waals surface area (Å²) in [5.41, 5.74) is 4.38. The molecule has 7 nitrogen and oxygen atoms in total. The van der Waals surface area contributed by atoms with Gasteiger partial charge in [-0.1, -0.05) is 24.3 Å².